The molecule has 7 heteroatoms. The second-order valence-corrected chi connectivity index (χ2v) is 5.84. The molecule has 19 heavy (non-hydrogen) atoms. The van der Waals surface area contributed by atoms with Gasteiger partial charge in [-0.3, -0.25) is 10.1 Å². The largest absolute Gasteiger partial charge is 0.375 e. The number of halogens is 1. The van der Waals surface area contributed by atoms with E-state index in [1.807, 2.05) is 13.8 Å². The Hall–Kier alpha value is -1.66. The summed E-state index contributed by atoms with van der Waals surface area (Å²) >= 11 is 7.09. The number of rotatable bonds is 4. The molecule has 5 nitrogen and oxygen atoms in total. The maximum absolute atomic E-state index is 11.0. The van der Waals surface area contributed by atoms with Crippen molar-refractivity contribution in [3.05, 3.63) is 48.9 Å². The number of hydrogen-bond donors (Lipinski definition) is 1. The monoisotopic (exact) mass is 297 g/mol. The molecule has 0 saturated heterocycles. The molecule has 1 aromatic carbocycles. The number of nitrogens with one attached hydrogen (secondary N) is 1. The molecule has 0 saturated carbocycles. The average molecular weight is 298 g/mol. The van der Waals surface area contributed by atoms with Crippen LogP contribution in [0, 0.1) is 24.0 Å². The summed E-state index contributed by atoms with van der Waals surface area (Å²) in [6, 6.07) is 3.37. The summed E-state index contributed by atoms with van der Waals surface area (Å²) in [5.74, 6) is 0. The first-order valence-electron chi connectivity index (χ1n) is 5.57. The van der Waals surface area contributed by atoms with E-state index in [1.54, 1.807) is 18.3 Å². The first-order valence-corrected chi connectivity index (χ1v) is 6.76. The minimum absolute atomic E-state index is 0.0821. The molecule has 0 aliphatic heterocycles. The van der Waals surface area contributed by atoms with Crippen LogP contribution < -0.4 is 5.32 Å². The molecule has 0 aliphatic carbocycles. The Morgan fingerprint density at radius 2 is 2.11 bits per heavy atom. The zero-order chi connectivity index (χ0) is 14.0. The predicted molar refractivity (Wildman–Crippen MR) is 77.0 cm³/mol. The van der Waals surface area contributed by atoms with E-state index in [-0.39, 0.29) is 10.6 Å². The number of benzene rings is 1. The number of nitro benzene ring substituents is 1. The van der Waals surface area contributed by atoms with E-state index in [2.05, 4.69) is 10.3 Å². The molecule has 1 heterocycles. The Balaban J connectivity index is 2.23. The fraction of sp³-hybridized carbons (Fsp3) is 0.250. The van der Waals surface area contributed by atoms with Crippen molar-refractivity contribution in [1.82, 2.24) is 4.98 Å². The van der Waals surface area contributed by atoms with Gasteiger partial charge < -0.3 is 5.32 Å². The van der Waals surface area contributed by atoms with E-state index in [1.165, 1.54) is 11.3 Å². The third-order valence-electron chi connectivity index (χ3n) is 2.79. The summed E-state index contributed by atoms with van der Waals surface area (Å²) in [6.45, 7) is 4.25. The highest BCUT2D eigenvalue weighted by Gasteiger charge is 2.15. The Labute approximate surface area is 119 Å². The van der Waals surface area contributed by atoms with Gasteiger partial charge in [0.2, 0.25) is 0 Å². The van der Waals surface area contributed by atoms with Crippen molar-refractivity contribution in [3.8, 4) is 0 Å². The maximum atomic E-state index is 11.0. The number of nitrogens with zero attached hydrogens (tertiary/aromatic N) is 2. The Bertz CT molecular complexity index is 627. The van der Waals surface area contributed by atoms with Gasteiger partial charge in [0.1, 0.15) is 5.69 Å². The standard InChI is InChI=1S/C12H12ClN3O2S/c1-7-3-10(11(16(17)18)4-8(7)2)14-5-9-6-15-12(13)19-9/h3-4,6,14H,5H2,1-2H3. The van der Waals surface area contributed by atoms with Crippen LogP contribution in [-0.4, -0.2) is 9.91 Å². The second kappa shape index (κ2) is 5.54. The van der Waals surface area contributed by atoms with Crippen LogP contribution in [0.3, 0.4) is 0 Å². The topological polar surface area (TPSA) is 68.1 Å². The molecule has 2 aromatic rings. The van der Waals surface area contributed by atoms with Crippen LogP contribution >= 0.6 is 22.9 Å². The van der Waals surface area contributed by atoms with Crippen LogP contribution in [0.2, 0.25) is 4.47 Å². The predicted octanol–water partition coefficient (Wildman–Crippen LogP) is 3.93. The molecule has 0 amide bonds. The highest BCUT2D eigenvalue weighted by molar-refractivity contribution is 7.15. The van der Waals surface area contributed by atoms with Gasteiger partial charge in [0.05, 0.1) is 11.5 Å². The van der Waals surface area contributed by atoms with Crippen LogP contribution in [0.1, 0.15) is 16.0 Å². The van der Waals surface area contributed by atoms with Gasteiger partial charge in [-0.2, -0.15) is 0 Å². The van der Waals surface area contributed by atoms with Crippen molar-refractivity contribution in [1.29, 1.82) is 0 Å². The molecule has 0 unspecified atom stereocenters. The van der Waals surface area contributed by atoms with E-state index >= 15 is 0 Å². The second-order valence-electron chi connectivity index (χ2n) is 4.14. The molecule has 1 aromatic heterocycles. The Morgan fingerprint density at radius 1 is 1.42 bits per heavy atom. The van der Waals surface area contributed by atoms with Crippen LogP contribution in [0.5, 0.6) is 0 Å². The SMILES string of the molecule is Cc1cc(NCc2cnc(Cl)s2)c([N+](=O)[O-])cc1C. The zero-order valence-electron chi connectivity index (χ0n) is 10.4. The van der Waals surface area contributed by atoms with Crippen LogP contribution in [-0.2, 0) is 6.54 Å². The van der Waals surface area contributed by atoms with Crippen LogP contribution in [0.25, 0.3) is 0 Å². The van der Waals surface area contributed by atoms with Crippen LogP contribution in [0.4, 0.5) is 11.4 Å². The van der Waals surface area contributed by atoms with E-state index in [0.717, 1.165) is 16.0 Å². The highest BCUT2D eigenvalue weighted by atomic mass is 35.5. The van der Waals surface area contributed by atoms with Gasteiger partial charge in [-0.05, 0) is 31.0 Å². The minimum Gasteiger partial charge on any atom is -0.375 e. The highest BCUT2D eigenvalue weighted by Crippen LogP contribution is 2.29. The maximum Gasteiger partial charge on any atom is 0.292 e. The number of thiazole rings is 1. The van der Waals surface area contributed by atoms with E-state index in [4.69, 9.17) is 11.6 Å². The molecule has 0 radical (unpaired) electrons. The van der Waals surface area contributed by atoms with Gasteiger partial charge in [-0.15, -0.1) is 11.3 Å². The summed E-state index contributed by atoms with van der Waals surface area (Å²) in [4.78, 5) is 15.5. The average Bonchev–Trinajstić information content (AvgIpc) is 2.76. The van der Waals surface area contributed by atoms with E-state index in [0.29, 0.717) is 16.7 Å². The summed E-state index contributed by atoms with van der Waals surface area (Å²) in [5.41, 5.74) is 2.50. The summed E-state index contributed by atoms with van der Waals surface area (Å²) < 4.78 is 0.464. The number of aromatic nitrogens is 1. The van der Waals surface area contributed by atoms with Crippen molar-refractivity contribution in [2.75, 3.05) is 5.32 Å². The third kappa shape index (κ3) is 3.21. The lowest BCUT2D eigenvalue weighted by Gasteiger charge is -2.08. The molecular weight excluding hydrogens is 286 g/mol. The van der Waals surface area contributed by atoms with Crippen LogP contribution in [0.15, 0.2) is 18.3 Å². The third-order valence-corrected chi connectivity index (χ3v) is 3.90. The summed E-state index contributed by atoms with van der Waals surface area (Å²) in [6.07, 6.45) is 1.66. The van der Waals surface area contributed by atoms with E-state index in [9.17, 15) is 10.1 Å². The first-order chi connectivity index (χ1) is 8.97. The fourth-order valence-electron chi connectivity index (χ4n) is 1.64. The quantitative estimate of drug-likeness (QED) is 0.685. The van der Waals surface area contributed by atoms with Crippen molar-refractivity contribution in [2.45, 2.75) is 20.4 Å². The van der Waals surface area contributed by atoms with Gasteiger partial charge in [-0.1, -0.05) is 11.6 Å². The Kier molecular flexibility index (Phi) is 4.01. The molecule has 0 spiro atoms. The van der Waals surface area contributed by atoms with Gasteiger partial charge in [-0.25, -0.2) is 4.98 Å². The van der Waals surface area contributed by atoms with Crippen molar-refractivity contribution < 1.29 is 4.92 Å². The lowest BCUT2D eigenvalue weighted by Crippen LogP contribution is -2.02. The molecule has 0 aliphatic rings. The first kappa shape index (κ1) is 13.8. The fourth-order valence-corrected chi connectivity index (χ4v) is 2.56. The van der Waals surface area contributed by atoms with Gasteiger partial charge in [0, 0.05) is 17.1 Å². The Morgan fingerprint density at radius 3 is 2.68 bits per heavy atom. The molecule has 100 valence electrons. The smallest absolute Gasteiger partial charge is 0.292 e. The van der Waals surface area contributed by atoms with Gasteiger partial charge in [0.25, 0.3) is 5.69 Å². The van der Waals surface area contributed by atoms with Gasteiger partial charge >= 0.3 is 0 Å². The minimum atomic E-state index is -0.381. The number of nitro groups is 1. The van der Waals surface area contributed by atoms with Crippen molar-refractivity contribution >= 4 is 34.3 Å². The number of aryl methyl sites for hydroxylation is 2. The van der Waals surface area contributed by atoms with Crippen molar-refractivity contribution in [2.24, 2.45) is 0 Å². The summed E-state index contributed by atoms with van der Waals surface area (Å²) in [5, 5.41) is 14.1. The molecule has 1 N–H and O–H groups in total. The van der Waals surface area contributed by atoms with Gasteiger partial charge in [0.15, 0.2) is 4.47 Å². The van der Waals surface area contributed by atoms with E-state index < -0.39 is 0 Å². The molecular formula is C12H12ClN3O2S. The number of anilines is 1. The number of hydrogen-bond acceptors (Lipinski definition) is 5. The lowest BCUT2D eigenvalue weighted by atomic mass is 10.1. The molecule has 2 rings (SSSR count). The normalized spacial score (nSPS) is 10.5. The molecule has 0 atom stereocenters. The lowest BCUT2D eigenvalue weighted by molar-refractivity contribution is -0.384. The molecule has 0 fully saturated rings. The summed E-state index contributed by atoms with van der Waals surface area (Å²) in [7, 11) is 0. The van der Waals surface area contributed by atoms with Crippen molar-refractivity contribution in [3.63, 3.8) is 0 Å². The zero-order valence-corrected chi connectivity index (χ0v) is 12.0. The molecule has 0 bridgehead atoms.